The minimum absolute atomic E-state index is 0.135. The second kappa shape index (κ2) is 6.26. The van der Waals surface area contributed by atoms with Crippen LogP contribution in [-0.4, -0.2) is 9.97 Å². The highest BCUT2D eigenvalue weighted by Gasteiger charge is 2.32. The van der Waals surface area contributed by atoms with Gasteiger partial charge in [-0.3, -0.25) is 10.4 Å². The third-order valence-electron chi connectivity index (χ3n) is 4.44. The summed E-state index contributed by atoms with van der Waals surface area (Å²) in [6, 6.07) is 14.0. The van der Waals surface area contributed by atoms with Gasteiger partial charge in [0.2, 0.25) is 0 Å². The molecular weight excluding hydrogens is 334 g/mol. The van der Waals surface area contributed by atoms with Gasteiger partial charge < -0.3 is 5.32 Å². The maximum Gasteiger partial charge on any atom is 0.148 e. The summed E-state index contributed by atoms with van der Waals surface area (Å²) in [4.78, 5) is 8.28. The summed E-state index contributed by atoms with van der Waals surface area (Å²) in [7, 11) is 0. The standard InChI is InChI=1S/C19H18ClN5/c1-12-9-14-16(10-13(12)2)24-25(17-6-4-3-5-15(17)20)19(14)23-18-7-8-21-11-22-18/h3-11,19,24H,1-2H3,(H,21,22,23). The minimum atomic E-state index is -0.135. The normalized spacial score (nSPS) is 15.6. The Bertz CT molecular complexity index is 913. The Morgan fingerprint density at radius 2 is 1.92 bits per heavy atom. The van der Waals surface area contributed by atoms with E-state index in [1.54, 1.807) is 6.20 Å². The van der Waals surface area contributed by atoms with Crippen LogP contribution in [0.1, 0.15) is 22.9 Å². The van der Waals surface area contributed by atoms with Crippen molar-refractivity contribution in [2.45, 2.75) is 20.0 Å². The van der Waals surface area contributed by atoms with Crippen LogP contribution in [0.2, 0.25) is 5.02 Å². The van der Waals surface area contributed by atoms with Gasteiger partial charge in [-0.1, -0.05) is 23.7 Å². The topological polar surface area (TPSA) is 53.1 Å². The number of nitrogens with one attached hydrogen (secondary N) is 2. The molecule has 0 amide bonds. The molecule has 2 aromatic carbocycles. The Hall–Kier alpha value is -2.79. The van der Waals surface area contributed by atoms with E-state index in [1.165, 1.54) is 17.5 Å². The van der Waals surface area contributed by atoms with Gasteiger partial charge in [-0.25, -0.2) is 9.97 Å². The van der Waals surface area contributed by atoms with E-state index in [0.717, 1.165) is 22.8 Å². The van der Waals surface area contributed by atoms with Crippen LogP contribution < -0.4 is 15.8 Å². The van der Waals surface area contributed by atoms with Crippen molar-refractivity contribution in [2.24, 2.45) is 0 Å². The number of aryl methyl sites for hydroxylation is 2. The lowest BCUT2D eigenvalue weighted by Crippen LogP contribution is -2.32. The lowest BCUT2D eigenvalue weighted by molar-refractivity contribution is 0.785. The van der Waals surface area contributed by atoms with Gasteiger partial charge in [-0.15, -0.1) is 0 Å². The number of hydrogen-bond donors (Lipinski definition) is 2. The molecule has 5 nitrogen and oxygen atoms in total. The second-order valence-electron chi connectivity index (χ2n) is 6.10. The average Bonchev–Trinajstić information content (AvgIpc) is 2.94. The highest BCUT2D eigenvalue weighted by molar-refractivity contribution is 6.33. The molecule has 0 bridgehead atoms. The number of para-hydroxylation sites is 1. The zero-order valence-corrected chi connectivity index (χ0v) is 14.7. The highest BCUT2D eigenvalue weighted by Crippen LogP contribution is 2.41. The molecule has 0 aliphatic carbocycles. The summed E-state index contributed by atoms with van der Waals surface area (Å²) in [6.45, 7) is 4.23. The molecular formula is C19H18ClN5. The molecule has 126 valence electrons. The van der Waals surface area contributed by atoms with E-state index < -0.39 is 0 Å². The molecule has 3 aromatic rings. The van der Waals surface area contributed by atoms with Crippen LogP contribution in [0, 0.1) is 13.8 Å². The average molecular weight is 352 g/mol. The third-order valence-corrected chi connectivity index (χ3v) is 4.76. The van der Waals surface area contributed by atoms with E-state index >= 15 is 0 Å². The number of hydrogen-bond acceptors (Lipinski definition) is 5. The van der Waals surface area contributed by atoms with Gasteiger partial charge in [0.1, 0.15) is 18.3 Å². The second-order valence-corrected chi connectivity index (χ2v) is 6.51. The van der Waals surface area contributed by atoms with Crippen LogP contribution in [0.15, 0.2) is 55.0 Å². The Morgan fingerprint density at radius 1 is 1.12 bits per heavy atom. The van der Waals surface area contributed by atoms with Crippen molar-refractivity contribution in [3.8, 4) is 0 Å². The first-order valence-corrected chi connectivity index (χ1v) is 8.45. The summed E-state index contributed by atoms with van der Waals surface area (Å²) in [5.41, 5.74) is 9.09. The maximum atomic E-state index is 6.44. The fraction of sp³-hybridized carbons (Fsp3) is 0.158. The predicted octanol–water partition coefficient (Wildman–Crippen LogP) is 4.70. The number of rotatable bonds is 3. The van der Waals surface area contributed by atoms with E-state index in [0.29, 0.717) is 5.02 Å². The van der Waals surface area contributed by atoms with Crippen LogP contribution >= 0.6 is 11.6 Å². The molecule has 25 heavy (non-hydrogen) atoms. The largest absolute Gasteiger partial charge is 0.345 e. The molecule has 1 unspecified atom stereocenters. The highest BCUT2D eigenvalue weighted by atomic mass is 35.5. The first-order chi connectivity index (χ1) is 12.1. The van der Waals surface area contributed by atoms with E-state index in [1.807, 2.05) is 35.3 Å². The van der Waals surface area contributed by atoms with Gasteiger partial charge in [-0.2, -0.15) is 0 Å². The Labute approximate surface area is 151 Å². The molecule has 4 rings (SSSR count). The van der Waals surface area contributed by atoms with E-state index in [-0.39, 0.29) is 6.17 Å². The summed E-state index contributed by atoms with van der Waals surface area (Å²) in [6.07, 6.45) is 3.12. The maximum absolute atomic E-state index is 6.44. The zero-order chi connectivity index (χ0) is 17.4. The molecule has 1 aliphatic heterocycles. The summed E-state index contributed by atoms with van der Waals surface area (Å²) < 4.78 is 0. The monoisotopic (exact) mass is 351 g/mol. The smallest absolute Gasteiger partial charge is 0.148 e. The van der Waals surface area contributed by atoms with Crippen molar-refractivity contribution < 1.29 is 0 Å². The predicted molar refractivity (Wildman–Crippen MR) is 102 cm³/mol. The molecule has 1 atom stereocenters. The van der Waals surface area contributed by atoms with E-state index in [9.17, 15) is 0 Å². The molecule has 2 N–H and O–H groups in total. The quantitative estimate of drug-likeness (QED) is 0.716. The lowest BCUT2D eigenvalue weighted by atomic mass is 10.0. The Balaban J connectivity index is 1.80. The van der Waals surface area contributed by atoms with Gasteiger partial charge in [0.05, 0.1) is 16.4 Å². The number of hydrazine groups is 1. The van der Waals surface area contributed by atoms with Crippen molar-refractivity contribution >= 4 is 28.8 Å². The van der Waals surface area contributed by atoms with Crippen LogP contribution in [0.4, 0.5) is 17.2 Å². The van der Waals surface area contributed by atoms with Gasteiger partial charge in [0.15, 0.2) is 0 Å². The molecule has 0 saturated carbocycles. The molecule has 2 heterocycles. The number of aromatic nitrogens is 2. The summed E-state index contributed by atoms with van der Waals surface area (Å²) in [5.74, 6) is 0.755. The van der Waals surface area contributed by atoms with Crippen LogP contribution in [0.3, 0.4) is 0 Å². The van der Waals surface area contributed by atoms with Crippen molar-refractivity contribution in [2.75, 3.05) is 15.8 Å². The molecule has 1 aromatic heterocycles. The van der Waals surface area contributed by atoms with Crippen molar-refractivity contribution in [3.63, 3.8) is 0 Å². The third kappa shape index (κ3) is 2.87. The number of nitrogens with zero attached hydrogens (tertiary/aromatic N) is 3. The Kier molecular flexibility index (Phi) is 3.93. The SMILES string of the molecule is Cc1cc2c(cc1C)C(Nc1ccncn1)N(c1ccccc1Cl)N2. The first-order valence-electron chi connectivity index (χ1n) is 8.07. The van der Waals surface area contributed by atoms with E-state index in [4.69, 9.17) is 11.6 Å². The summed E-state index contributed by atoms with van der Waals surface area (Å²) in [5, 5.41) is 6.19. The van der Waals surface area contributed by atoms with Crippen molar-refractivity contribution in [3.05, 3.63) is 76.7 Å². The van der Waals surface area contributed by atoms with Crippen LogP contribution in [-0.2, 0) is 0 Å². The number of halogens is 1. The van der Waals surface area contributed by atoms with E-state index in [2.05, 4.69) is 46.7 Å². The molecule has 6 heteroatoms. The molecule has 1 aliphatic rings. The van der Waals surface area contributed by atoms with Gasteiger partial charge in [0.25, 0.3) is 0 Å². The van der Waals surface area contributed by atoms with Crippen LogP contribution in [0.5, 0.6) is 0 Å². The first kappa shape index (κ1) is 15.7. The lowest BCUT2D eigenvalue weighted by Gasteiger charge is -2.28. The van der Waals surface area contributed by atoms with Gasteiger partial charge in [-0.05, 0) is 55.3 Å². The summed E-state index contributed by atoms with van der Waals surface area (Å²) >= 11 is 6.44. The number of benzene rings is 2. The van der Waals surface area contributed by atoms with Crippen LogP contribution in [0.25, 0.3) is 0 Å². The fourth-order valence-electron chi connectivity index (χ4n) is 3.00. The number of fused-ring (bicyclic) bond motifs is 1. The zero-order valence-electron chi connectivity index (χ0n) is 14.0. The van der Waals surface area contributed by atoms with Crippen molar-refractivity contribution in [1.82, 2.24) is 9.97 Å². The molecule has 0 spiro atoms. The Morgan fingerprint density at radius 3 is 2.68 bits per heavy atom. The minimum Gasteiger partial charge on any atom is -0.345 e. The number of anilines is 3. The molecule has 0 radical (unpaired) electrons. The van der Waals surface area contributed by atoms with Gasteiger partial charge in [0, 0.05) is 11.8 Å². The molecule has 0 saturated heterocycles. The fourth-order valence-corrected chi connectivity index (χ4v) is 3.23. The molecule has 0 fully saturated rings. The van der Waals surface area contributed by atoms with Crippen molar-refractivity contribution in [1.29, 1.82) is 0 Å². The van der Waals surface area contributed by atoms with Gasteiger partial charge >= 0.3 is 0 Å².